The van der Waals surface area contributed by atoms with Gasteiger partial charge in [0.25, 0.3) is 5.91 Å². The zero-order valence-corrected chi connectivity index (χ0v) is 13.2. The number of aromatic nitrogens is 2. The molecule has 0 N–H and O–H groups in total. The summed E-state index contributed by atoms with van der Waals surface area (Å²) in [5.41, 5.74) is 0.468. The molecule has 1 atom stereocenters. The Morgan fingerprint density at radius 2 is 2.23 bits per heavy atom. The molecule has 0 spiro atoms. The number of rotatable bonds is 2. The third kappa shape index (κ3) is 2.92. The topological polar surface area (TPSA) is 60.5 Å². The lowest BCUT2D eigenvalue weighted by Crippen LogP contribution is -2.42. The van der Waals surface area contributed by atoms with Gasteiger partial charge in [0.2, 0.25) is 0 Å². The first-order valence-electron chi connectivity index (χ1n) is 7.44. The Hall–Kier alpha value is -2.08. The highest BCUT2D eigenvalue weighted by atomic mass is 16.5. The number of morpholine rings is 1. The molecule has 1 fully saturated rings. The number of nitrogens with zero attached hydrogens (tertiary/aromatic N) is 3. The molecule has 0 saturated carbocycles. The van der Waals surface area contributed by atoms with Crippen LogP contribution in [-0.2, 0) is 10.3 Å². The van der Waals surface area contributed by atoms with Crippen LogP contribution in [0.15, 0.2) is 35.2 Å². The summed E-state index contributed by atoms with van der Waals surface area (Å²) in [6, 6.07) is 3.70. The second kappa shape index (κ2) is 5.61. The van der Waals surface area contributed by atoms with Gasteiger partial charge in [0.05, 0.1) is 36.7 Å². The second-order valence-electron chi connectivity index (χ2n) is 6.47. The highest BCUT2D eigenvalue weighted by Crippen LogP contribution is 2.24. The highest BCUT2D eigenvalue weighted by Gasteiger charge is 2.28. The lowest BCUT2D eigenvalue weighted by Gasteiger charge is -2.31. The van der Waals surface area contributed by atoms with Crippen molar-refractivity contribution in [3.05, 3.63) is 42.1 Å². The number of furan rings is 1. The van der Waals surface area contributed by atoms with Crippen molar-refractivity contribution in [3.8, 4) is 0 Å². The van der Waals surface area contributed by atoms with Crippen LogP contribution in [0.5, 0.6) is 0 Å². The van der Waals surface area contributed by atoms with E-state index >= 15 is 0 Å². The molecule has 1 amide bonds. The van der Waals surface area contributed by atoms with Crippen LogP contribution in [0, 0.1) is 0 Å². The molecular weight excluding hydrogens is 282 g/mol. The Labute approximate surface area is 129 Å². The average Bonchev–Trinajstić information content (AvgIpc) is 3.17. The van der Waals surface area contributed by atoms with Crippen LogP contribution in [0.4, 0.5) is 0 Å². The van der Waals surface area contributed by atoms with E-state index in [9.17, 15) is 4.79 Å². The Bertz CT molecular complexity index is 640. The Morgan fingerprint density at radius 1 is 1.41 bits per heavy atom. The maximum absolute atomic E-state index is 12.6. The molecule has 0 aromatic carbocycles. The summed E-state index contributed by atoms with van der Waals surface area (Å²) in [7, 11) is 0. The van der Waals surface area contributed by atoms with Gasteiger partial charge < -0.3 is 14.1 Å². The molecular formula is C16H21N3O3. The van der Waals surface area contributed by atoms with E-state index in [1.807, 2.05) is 16.8 Å². The number of ether oxygens (including phenoxy) is 1. The minimum Gasteiger partial charge on any atom is -0.467 e. The fourth-order valence-corrected chi connectivity index (χ4v) is 2.46. The normalized spacial score (nSPS) is 19.4. The molecule has 1 saturated heterocycles. The van der Waals surface area contributed by atoms with Crippen LogP contribution in [0.3, 0.4) is 0 Å². The molecule has 0 aliphatic carbocycles. The Kier molecular flexibility index (Phi) is 3.78. The molecule has 2 aromatic heterocycles. The fraction of sp³-hybridized carbons (Fsp3) is 0.500. The van der Waals surface area contributed by atoms with Gasteiger partial charge in [-0.25, -0.2) is 0 Å². The molecule has 2 aromatic rings. The number of amides is 1. The van der Waals surface area contributed by atoms with Crippen molar-refractivity contribution in [1.29, 1.82) is 0 Å². The predicted molar refractivity (Wildman–Crippen MR) is 80.5 cm³/mol. The molecule has 6 nitrogen and oxygen atoms in total. The summed E-state index contributed by atoms with van der Waals surface area (Å²) >= 11 is 0. The van der Waals surface area contributed by atoms with Crippen LogP contribution in [0.25, 0.3) is 0 Å². The van der Waals surface area contributed by atoms with Crippen molar-refractivity contribution < 1.29 is 13.9 Å². The maximum Gasteiger partial charge on any atom is 0.257 e. The van der Waals surface area contributed by atoms with E-state index in [1.165, 1.54) is 0 Å². The van der Waals surface area contributed by atoms with Gasteiger partial charge in [-0.2, -0.15) is 5.10 Å². The third-order valence-electron chi connectivity index (χ3n) is 3.73. The van der Waals surface area contributed by atoms with Crippen LogP contribution in [0.2, 0.25) is 0 Å². The SMILES string of the molecule is CC(C)(C)n1cc(C(=O)N2CCOC(c3ccco3)C2)cn1. The first-order valence-corrected chi connectivity index (χ1v) is 7.44. The lowest BCUT2D eigenvalue weighted by molar-refractivity contribution is -0.0321. The third-order valence-corrected chi connectivity index (χ3v) is 3.73. The highest BCUT2D eigenvalue weighted by molar-refractivity contribution is 5.93. The molecule has 22 heavy (non-hydrogen) atoms. The summed E-state index contributed by atoms with van der Waals surface area (Å²) in [5.74, 6) is 0.734. The van der Waals surface area contributed by atoms with Crippen LogP contribution >= 0.6 is 0 Å². The zero-order chi connectivity index (χ0) is 15.7. The fourth-order valence-electron chi connectivity index (χ4n) is 2.46. The van der Waals surface area contributed by atoms with Gasteiger partial charge in [-0.3, -0.25) is 9.48 Å². The molecule has 3 heterocycles. The standard InChI is InChI=1S/C16H21N3O3/c1-16(2,3)19-10-12(9-17-19)15(20)18-6-8-22-14(11-18)13-5-4-7-21-13/h4-5,7,9-10,14H,6,8,11H2,1-3H3. The van der Waals surface area contributed by atoms with Crippen molar-refractivity contribution in [3.63, 3.8) is 0 Å². The first kappa shape index (κ1) is 14.8. The van der Waals surface area contributed by atoms with Gasteiger partial charge in [0, 0.05) is 12.7 Å². The van der Waals surface area contributed by atoms with Gasteiger partial charge >= 0.3 is 0 Å². The van der Waals surface area contributed by atoms with Crippen molar-refractivity contribution in [2.45, 2.75) is 32.4 Å². The maximum atomic E-state index is 12.6. The molecule has 6 heteroatoms. The number of hydrogen-bond acceptors (Lipinski definition) is 4. The quantitative estimate of drug-likeness (QED) is 0.855. The second-order valence-corrected chi connectivity index (χ2v) is 6.47. The van der Waals surface area contributed by atoms with Crippen LogP contribution < -0.4 is 0 Å². The van der Waals surface area contributed by atoms with E-state index < -0.39 is 0 Å². The van der Waals surface area contributed by atoms with Crippen LogP contribution in [0.1, 0.15) is 43.0 Å². The smallest absolute Gasteiger partial charge is 0.257 e. The van der Waals surface area contributed by atoms with Crippen molar-refractivity contribution in [1.82, 2.24) is 14.7 Å². The zero-order valence-electron chi connectivity index (χ0n) is 13.2. The number of hydrogen-bond donors (Lipinski definition) is 0. The van der Waals surface area contributed by atoms with Crippen molar-refractivity contribution in [2.75, 3.05) is 19.7 Å². The molecule has 0 bridgehead atoms. The molecule has 1 aliphatic heterocycles. The minimum absolute atomic E-state index is 0.0182. The average molecular weight is 303 g/mol. The monoisotopic (exact) mass is 303 g/mol. The van der Waals surface area contributed by atoms with Gasteiger partial charge in [-0.1, -0.05) is 0 Å². The molecule has 118 valence electrons. The lowest BCUT2D eigenvalue weighted by atomic mass is 10.1. The van der Waals surface area contributed by atoms with Gasteiger partial charge in [-0.05, 0) is 32.9 Å². The Morgan fingerprint density at radius 3 is 2.86 bits per heavy atom. The number of carbonyl (C=O) groups excluding carboxylic acids is 1. The van der Waals surface area contributed by atoms with Crippen LogP contribution in [-0.4, -0.2) is 40.3 Å². The number of carbonyl (C=O) groups is 1. The summed E-state index contributed by atoms with van der Waals surface area (Å²) < 4.78 is 12.9. The van der Waals surface area contributed by atoms with E-state index in [4.69, 9.17) is 9.15 Å². The molecule has 3 rings (SSSR count). The minimum atomic E-state index is -0.203. The van der Waals surface area contributed by atoms with Crippen molar-refractivity contribution >= 4 is 5.91 Å². The van der Waals surface area contributed by atoms with Gasteiger partial charge in [-0.15, -0.1) is 0 Å². The molecule has 1 aliphatic rings. The van der Waals surface area contributed by atoms with Gasteiger partial charge in [0.15, 0.2) is 0 Å². The summed E-state index contributed by atoms with van der Waals surface area (Å²) in [6.45, 7) is 7.73. The molecule has 0 radical (unpaired) electrons. The van der Waals surface area contributed by atoms with E-state index in [-0.39, 0.29) is 17.6 Å². The van der Waals surface area contributed by atoms with E-state index in [2.05, 4.69) is 25.9 Å². The Balaban J connectivity index is 1.73. The van der Waals surface area contributed by atoms with Crippen molar-refractivity contribution in [2.24, 2.45) is 0 Å². The molecule has 1 unspecified atom stereocenters. The van der Waals surface area contributed by atoms with E-state index in [1.54, 1.807) is 23.6 Å². The predicted octanol–water partition coefficient (Wildman–Crippen LogP) is 2.44. The first-order chi connectivity index (χ1) is 10.4. The summed E-state index contributed by atoms with van der Waals surface area (Å²) in [4.78, 5) is 14.4. The van der Waals surface area contributed by atoms with E-state index in [0.29, 0.717) is 25.3 Å². The van der Waals surface area contributed by atoms with Gasteiger partial charge in [0.1, 0.15) is 11.9 Å². The summed E-state index contributed by atoms with van der Waals surface area (Å²) in [6.07, 6.45) is 4.85. The summed E-state index contributed by atoms with van der Waals surface area (Å²) in [5, 5.41) is 4.29. The largest absolute Gasteiger partial charge is 0.467 e. The van der Waals surface area contributed by atoms with E-state index in [0.717, 1.165) is 5.76 Å².